The molecule has 0 aliphatic rings. The van der Waals surface area contributed by atoms with Crippen LogP contribution in [0.2, 0.25) is 0 Å². The standard InChI is InChI=1S/C5H10O.Li.H/c1-5(2)3-4-6;;/h4-5H,3H2,1-2H3;;/q;+1;-1. The molecule has 0 heterocycles. The van der Waals surface area contributed by atoms with Crippen LogP contribution in [0.5, 0.6) is 0 Å². The molecule has 0 spiro atoms. The van der Waals surface area contributed by atoms with Gasteiger partial charge in [-0.2, -0.15) is 0 Å². The minimum atomic E-state index is 0. The molecule has 0 aromatic rings. The summed E-state index contributed by atoms with van der Waals surface area (Å²) in [6, 6.07) is 0. The molecule has 0 aliphatic heterocycles. The van der Waals surface area contributed by atoms with E-state index in [0.29, 0.717) is 12.3 Å². The second kappa shape index (κ2) is 6.27. The normalized spacial score (nSPS) is 7.86. The number of hydrogen-bond acceptors (Lipinski definition) is 1. The van der Waals surface area contributed by atoms with Gasteiger partial charge in [0.15, 0.2) is 0 Å². The monoisotopic (exact) mass is 94.1 g/mol. The van der Waals surface area contributed by atoms with E-state index in [-0.39, 0.29) is 20.3 Å². The van der Waals surface area contributed by atoms with Crippen molar-refractivity contribution in [2.75, 3.05) is 0 Å². The van der Waals surface area contributed by atoms with Crippen molar-refractivity contribution in [1.82, 2.24) is 0 Å². The minimum Gasteiger partial charge on any atom is -1.00 e. The zero-order valence-corrected chi connectivity index (χ0v) is 5.27. The first-order valence-electron chi connectivity index (χ1n) is 2.21. The second-order valence-electron chi connectivity index (χ2n) is 1.80. The summed E-state index contributed by atoms with van der Waals surface area (Å²) >= 11 is 0. The summed E-state index contributed by atoms with van der Waals surface area (Å²) < 4.78 is 0. The van der Waals surface area contributed by atoms with E-state index in [9.17, 15) is 4.79 Å². The summed E-state index contributed by atoms with van der Waals surface area (Å²) in [5.41, 5.74) is 0. The Hall–Kier alpha value is 0.267. The molecule has 0 unspecified atom stereocenters. The summed E-state index contributed by atoms with van der Waals surface area (Å²) in [5, 5.41) is 0. The zero-order chi connectivity index (χ0) is 4.99. The molecule has 7 heavy (non-hydrogen) atoms. The Kier molecular flexibility index (Phi) is 9.21. The Bertz CT molecular complexity index is 47.7. The van der Waals surface area contributed by atoms with Crippen molar-refractivity contribution in [3.8, 4) is 0 Å². The predicted molar refractivity (Wildman–Crippen MR) is 26.6 cm³/mol. The van der Waals surface area contributed by atoms with E-state index in [1.165, 1.54) is 0 Å². The maximum Gasteiger partial charge on any atom is 1.00 e. The molecule has 0 fully saturated rings. The van der Waals surface area contributed by atoms with Crippen molar-refractivity contribution in [3.63, 3.8) is 0 Å². The number of carbonyl (C=O) groups is 1. The molecule has 0 radical (unpaired) electrons. The van der Waals surface area contributed by atoms with Crippen molar-refractivity contribution < 1.29 is 25.1 Å². The summed E-state index contributed by atoms with van der Waals surface area (Å²) in [7, 11) is 0. The fourth-order valence-corrected chi connectivity index (χ4v) is 0.192. The summed E-state index contributed by atoms with van der Waals surface area (Å²) in [6.45, 7) is 4.04. The molecule has 0 rings (SSSR count). The van der Waals surface area contributed by atoms with Crippen LogP contribution < -0.4 is 18.9 Å². The zero-order valence-electron chi connectivity index (χ0n) is 6.27. The predicted octanol–water partition coefficient (Wildman–Crippen LogP) is -1.65. The van der Waals surface area contributed by atoms with E-state index < -0.39 is 0 Å². The van der Waals surface area contributed by atoms with Crippen molar-refractivity contribution in [3.05, 3.63) is 0 Å². The summed E-state index contributed by atoms with van der Waals surface area (Å²) in [6.07, 6.45) is 1.64. The van der Waals surface area contributed by atoms with Crippen LogP contribution in [0.3, 0.4) is 0 Å². The van der Waals surface area contributed by atoms with Crippen molar-refractivity contribution in [2.24, 2.45) is 5.92 Å². The van der Waals surface area contributed by atoms with Gasteiger partial charge >= 0.3 is 18.9 Å². The first-order chi connectivity index (χ1) is 2.77. The van der Waals surface area contributed by atoms with E-state index >= 15 is 0 Å². The quantitative estimate of drug-likeness (QED) is 0.296. The molecular weight excluding hydrogens is 83.0 g/mol. The Morgan fingerprint density at radius 2 is 2.14 bits per heavy atom. The maximum absolute atomic E-state index is 9.62. The molecule has 1 nitrogen and oxygen atoms in total. The largest absolute Gasteiger partial charge is 1.00 e. The third-order valence-corrected chi connectivity index (χ3v) is 0.568. The van der Waals surface area contributed by atoms with Crippen LogP contribution in [-0.2, 0) is 4.79 Å². The number of rotatable bonds is 2. The third-order valence-electron chi connectivity index (χ3n) is 0.568. The van der Waals surface area contributed by atoms with E-state index in [1.54, 1.807) is 0 Å². The van der Waals surface area contributed by atoms with Gasteiger partial charge in [-0.3, -0.25) is 0 Å². The Balaban J connectivity index is -0.000000125. The van der Waals surface area contributed by atoms with Crippen LogP contribution in [0.15, 0.2) is 0 Å². The van der Waals surface area contributed by atoms with E-state index in [0.717, 1.165) is 6.29 Å². The van der Waals surface area contributed by atoms with Crippen molar-refractivity contribution in [1.29, 1.82) is 0 Å². The van der Waals surface area contributed by atoms with Crippen LogP contribution in [0.4, 0.5) is 0 Å². The molecule has 0 saturated carbocycles. The Morgan fingerprint density at radius 1 is 1.71 bits per heavy atom. The average Bonchev–Trinajstić information content (AvgIpc) is 1.35. The first kappa shape index (κ1) is 10.3. The van der Waals surface area contributed by atoms with Gasteiger partial charge in [0.2, 0.25) is 0 Å². The maximum atomic E-state index is 9.62. The molecule has 38 valence electrons. The smallest absolute Gasteiger partial charge is 1.00 e. The number of hydrogen-bond donors (Lipinski definition) is 0. The van der Waals surface area contributed by atoms with Crippen LogP contribution in [0.1, 0.15) is 21.7 Å². The van der Waals surface area contributed by atoms with Gasteiger partial charge in [-0.15, -0.1) is 0 Å². The SMILES string of the molecule is CC(C)CC=O.[H-].[Li+]. The van der Waals surface area contributed by atoms with E-state index in [1.807, 2.05) is 13.8 Å². The van der Waals surface area contributed by atoms with Crippen LogP contribution in [0.25, 0.3) is 0 Å². The molecule has 0 aromatic heterocycles. The van der Waals surface area contributed by atoms with Crippen LogP contribution >= 0.6 is 0 Å². The fraction of sp³-hybridized carbons (Fsp3) is 0.800. The molecular formula is C5H11LiO. The number of aldehydes is 1. The molecule has 0 amide bonds. The van der Waals surface area contributed by atoms with E-state index in [4.69, 9.17) is 0 Å². The molecule has 0 atom stereocenters. The van der Waals surface area contributed by atoms with E-state index in [2.05, 4.69) is 0 Å². The fourth-order valence-electron chi connectivity index (χ4n) is 0.192. The van der Waals surface area contributed by atoms with Gasteiger partial charge in [-0.25, -0.2) is 0 Å². The molecule has 0 saturated heterocycles. The molecule has 0 bridgehead atoms. The summed E-state index contributed by atoms with van der Waals surface area (Å²) in [5.74, 6) is 0.530. The van der Waals surface area contributed by atoms with Gasteiger partial charge in [0.25, 0.3) is 0 Å². The van der Waals surface area contributed by atoms with Crippen molar-refractivity contribution in [2.45, 2.75) is 20.3 Å². The summed E-state index contributed by atoms with van der Waals surface area (Å²) in [4.78, 5) is 9.62. The van der Waals surface area contributed by atoms with Gasteiger partial charge < -0.3 is 6.22 Å². The van der Waals surface area contributed by atoms with Gasteiger partial charge in [0, 0.05) is 6.42 Å². The molecule has 0 N–H and O–H groups in total. The van der Waals surface area contributed by atoms with Crippen molar-refractivity contribution >= 4 is 6.29 Å². The minimum absolute atomic E-state index is 0. The Morgan fingerprint density at radius 3 is 2.14 bits per heavy atom. The Labute approximate surface area is 58.1 Å². The van der Waals surface area contributed by atoms with Gasteiger partial charge in [-0.05, 0) is 5.92 Å². The van der Waals surface area contributed by atoms with Gasteiger partial charge in [0.05, 0.1) is 0 Å². The van der Waals surface area contributed by atoms with Gasteiger partial charge in [0.1, 0.15) is 6.29 Å². The molecule has 2 heteroatoms. The molecule has 0 aliphatic carbocycles. The average molecular weight is 94.1 g/mol. The third kappa shape index (κ3) is 10.7. The number of carbonyl (C=O) groups excluding carboxylic acids is 1. The topological polar surface area (TPSA) is 17.1 Å². The van der Waals surface area contributed by atoms with Crippen LogP contribution in [0, 0.1) is 5.92 Å². The molecule has 0 aromatic carbocycles. The van der Waals surface area contributed by atoms with Gasteiger partial charge in [-0.1, -0.05) is 13.8 Å². The van der Waals surface area contributed by atoms with Crippen LogP contribution in [-0.4, -0.2) is 6.29 Å². The first-order valence-corrected chi connectivity index (χ1v) is 2.21. The second-order valence-corrected chi connectivity index (χ2v) is 1.80.